The van der Waals surface area contributed by atoms with Crippen molar-refractivity contribution in [1.82, 2.24) is 4.90 Å². The summed E-state index contributed by atoms with van der Waals surface area (Å²) >= 11 is 0. The molecule has 3 N–H and O–H groups in total. The molecule has 0 bridgehead atoms. The highest BCUT2D eigenvalue weighted by atomic mass is 16.3. The van der Waals surface area contributed by atoms with E-state index in [1.807, 2.05) is 18.2 Å². The summed E-state index contributed by atoms with van der Waals surface area (Å²) in [5, 5.41) is 9.70. The lowest BCUT2D eigenvalue weighted by Crippen LogP contribution is -2.27. The van der Waals surface area contributed by atoms with Crippen LogP contribution in [0.2, 0.25) is 0 Å². The fraction of sp³-hybridized carbons (Fsp3) is 0.455. The van der Waals surface area contributed by atoms with Gasteiger partial charge in [0.15, 0.2) is 0 Å². The first kappa shape index (κ1) is 9.49. The molecule has 2 unspecified atom stereocenters. The van der Waals surface area contributed by atoms with Gasteiger partial charge in [0.2, 0.25) is 0 Å². The number of nitrogens with zero attached hydrogens (tertiary/aromatic N) is 1. The molecule has 76 valence electrons. The van der Waals surface area contributed by atoms with Gasteiger partial charge in [0.1, 0.15) is 5.75 Å². The van der Waals surface area contributed by atoms with Crippen LogP contribution in [0.4, 0.5) is 0 Å². The highest BCUT2D eigenvalue weighted by Gasteiger charge is 2.30. The summed E-state index contributed by atoms with van der Waals surface area (Å²) in [5.41, 5.74) is 6.99. The largest absolute Gasteiger partial charge is 0.508 e. The highest BCUT2D eigenvalue weighted by molar-refractivity contribution is 5.36. The van der Waals surface area contributed by atoms with Crippen LogP contribution in [0.25, 0.3) is 0 Å². The van der Waals surface area contributed by atoms with Crippen molar-refractivity contribution in [3.05, 3.63) is 29.8 Å². The summed E-state index contributed by atoms with van der Waals surface area (Å²) in [6, 6.07) is 7.59. The molecule has 0 aromatic heterocycles. The Labute approximate surface area is 84.1 Å². The van der Waals surface area contributed by atoms with Crippen molar-refractivity contribution in [3.8, 4) is 5.75 Å². The van der Waals surface area contributed by atoms with Crippen LogP contribution in [0.3, 0.4) is 0 Å². The van der Waals surface area contributed by atoms with E-state index >= 15 is 0 Å². The zero-order valence-electron chi connectivity index (χ0n) is 8.35. The molecular weight excluding hydrogens is 176 g/mol. The second kappa shape index (κ2) is 3.59. The number of phenols is 1. The van der Waals surface area contributed by atoms with Gasteiger partial charge in [-0.15, -0.1) is 0 Å². The molecule has 0 amide bonds. The third-order valence-corrected chi connectivity index (χ3v) is 2.88. The Morgan fingerprint density at radius 1 is 1.36 bits per heavy atom. The van der Waals surface area contributed by atoms with Crippen molar-refractivity contribution >= 4 is 0 Å². The maximum Gasteiger partial charge on any atom is 0.119 e. The van der Waals surface area contributed by atoms with Gasteiger partial charge in [0.25, 0.3) is 0 Å². The van der Waals surface area contributed by atoms with Gasteiger partial charge in [0.05, 0.1) is 0 Å². The van der Waals surface area contributed by atoms with E-state index in [1.54, 1.807) is 6.07 Å². The summed E-state index contributed by atoms with van der Waals surface area (Å²) < 4.78 is 0. The van der Waals surface area contributed by atoms with Gasteiger partial charge in [-0.1, -0.05) is 18.2 Å². The average molecular weight is 192 g/mol. The number of likely N-dealkylation sites (tertiary alicyclic amines) is 1. The monoisotopic (exact) mass is 192 g/mol. The summed E-state index contributed by atoms with van der Waals surface area (Å²) in [4.78, 5) is 2.20. The van der Waals surface area contributed by atoms with Crippen LogP contribution in [0.1, 0.15) is 11.5 Å². The Morgan fingerprint density at radius 3 is 2.64 bits per heavy atom. The lowest BCUT2D eigenvalue weighted by Gasteiger charge is -2.15. The van der Waals surface area contributed by atoms with Crippen molar-refractivity contribution in [2.45, 2.75) is 12.0 Å². The number of phenolic OH excluding ortho intramolecular Hbond substituents is 1. The molecule has 1 aromatic carbocycles. The molecule has 0 aliphatic carbocycles. The number of benzene rings is 1. The molecule has 0 spiro atoms. The molecule has 0 radical (unpaired) electrons. The van der Waals surface area contributed by atoms with E-state index in [1.165, 1.54) is 0 Å². The van der Waals surface area contributed by atoms with E-state index in [0.29, 0.717) is 5.75 Å². The van der Waals surface area contributed by atoms with Gasteiger partial charge >= 0.3 is 0 Å². The number of rotatable bonds is 1. The maximum absolute atomic E-state index is 9.70. The molecule has 14 heavy (non-hydrogen) atoms. The van der Waals surface area contributed by atoms with E-state index in [0.717, 1.165) is 18.7 Å². The van der Waals surface area contributed by atoms with Gasteiger partial charge < -0.3 is 15.7 Å². The Balaban J connectivity index is 2.27. The van der Waals surface area contributed by atoms with Crippen LogP contribution in [0.5, 0.6) is 5.75 Å². The third-order valence-electron chi connectivity index (χ3n) is 2.88. The van der Waals surface area contributed by atoms with Crippen molar-refractivity contribution in [2.24, 2.45) is 5.73 Å². The van der Waals surface area contributed by atoms with Crippen molar-refractivity contribution in [3.63, 3.8) is 0 Å². The van der Waals surface area contributed by atoms with E-state index in [-0.39, 0.29) is 12.0 Å². The molecule has 2 atom stereocenters. The predicted octanol–water partition coefficient (Wildman–Crippen LogP) is 0.748. The first-order valence-electron chi connectivity index (χ1n) is 4.90. The maximum atomic E-state index is 9.70. The van der Waals surface area contributed by atoms with Crippen LogP contribution in [0.15, 0.2) is 24.3 Å². The Kier molecular flexibility index (Phi) is 2.44. The van der Waals surface area contributed by atoms with Gasteiger partial charge in [0, 0.05) is 25.0 Å². The van der Waals surface area contributed by atoms with Gasteiger partial charge in [-0.2, -0.15) is 0 Å². The van der Waals surface area contributed by atoms with Crippen molar-refractivity contribution < 1.29 is 5.11 Å². The Bertz CT molecular complexity index is 327. The summed E-state index contributed by atoms with van der Waals surface area (Å²) in [5.74, 6) is 0.629. The lowest BCUT2D eigenvalue weighted by atomic mass is 9.94. The SMILES string of the molecule is CN1CC(N)C(c2ccccc2O)C1. The number of hydrogen-bond donors (Lipinski definition) is 2. The van der Waals surface area contributed by atoms with Crippen LogP contribution in [-0.4, -0.2) is 36.2 Å². The fourth-order valence-corrected chi connectivity index (χ4v) is 2.16. The topological polar surface area (TPSA) is 49.5 Å². The van der Waals surface area contributed by atoms with E-state index in [4.69, 9.17) is 5.73 Å². The minimum Gasteiger partial charge on any atom is -0.508 e. The summed E-state index contributed by atoms with van der Waals surface area (Å²) in [6.07, 6.45) is 0. The molecule has 1 heterocycles. The smallest absolute Gasteiger partial charge is 0.119 e. The zero-order chi connectivity index (χ0) is 10.1. The number of likely N-dealkylation sites (N-methyl/N-ethyl adjacent to an activating group) is 1. The van der Waals surface area contributed by atoms with Crippen LogP contribution < -0.4 is 5.73 Å². The Hall–Kier alpha value is -1.06. The summed E-state index contributed by atoms with van der Waals surface area (Å²) in [7, 11) is 2.06. The van der Waals surface area contributed by atoms with Crippen molar-refractivity contribution in [2.75, 3.05) is 20.1 Å². The van der Waals surface area contributed by atoms with Gasteiger partial charge in [-0.3, -0.25) is 0 Å². The van der Waals surface area contributed by atoms with Gasteiger partial charge in [-0.05, 0) is 18.7 Å². The van der Waals surface area contributed by atoms with Crippen LogP contribution >= 0.6 is 0 Å². The minimum atomic E-state index is 0.133. The molecule has 1 aromatic rings. The average Bonchev–Trinajstić information content (AvgIpc) is 2.46. The molecule has 1 aliphatic heterocycles. The molecule has 2 rings (SSSR count). The molecule has 1 aliphatic rings. The normalized spacial score (nSPS) is 28.1. The second-order valence-electron chi connectivity index (χ2n) is 4.05. The molecular formula is C11H16N2O. The highest BCUT2D eigenvalue weighted by Crippen LogP contribution is 2.31. The number of hydrogen-bond acceptors (Lipinski definition) is 3. The molecule has 3 heteroatoms. The Morgan fingerprint density at radius 2 is 2.07 bits per heavy atom. The van der Waals surface area contributed by atoms with E-state index in [9.17, 15) is 5.11 Å². The minimum absolute atomic E-state index is 0.133. The number of nitrogens with two attached hydrogens (primary N) is 1. The molecule has 1 fully saturated rings. The van der Waals surface area contributed by atoms with E-state index in [2.05, 4.69) is 11.9 Å². The van der Waals surface area contributed by atoms with Gasteiger partial charge in [-0.25, -0.2) is 0 Å². The lowest BCUT2D eigenvalue weighted by molar-refractivity contribution is 0.405. The first-order valence-corrected chi connectivity index (χ1v) is 4.90. The quantitative estimate of drug-likeness (QED) is 0.690. The first-order chi connectivity index (χ1) is 6.68. The fourth-order valence-electron chi connectivity index (χ4n) is 2.16. The number of para-hydroxylation sites is 1. The zero-order valence-corrected chi connectivity index (χ0v) is 8.35. The van der Waals surface area contributed by atoms with Crippen LogP contribution in [-0.2, 0) is 0 Å². The molecule has 3 nitrogen and oxygen atoms in total. The van der Waals surface area contributed by atoms with Crippen LogP contribution in [0, 0.1) is 0 Å². The number of aromatic hydroxyl groups is 1. The molecule has 0 saturated carbocycles. The predicted molar refractivity (Wildman–Crippen MR) is 56.3 cm³/mol. The third kappa shape index (κ3) is 1.61. The molecule has 1 saturated heterocycles. The van der Waals surface area contributed by atoms with E-state index < -0.39 is 0 Å². The standard InChI is InChI=1S/C11H16N2O/c1-13-6-9(10(12)7-13)8-4-2-3-5-11(8)14/h2-5,9-10,14H,6-7,12H2,1H3. The summed E-state index contributed by atoms with van der Waals surface area (Å²) in [6.45, 7) is 1.83. The van der Waals surface area contributed by atoms with Crippen molar-refractivity contribution in [1.29, 1.82) is 0 Å². The second-order valence-corrected chi connectivity index (χ2v) is 4.05.